The second-order valence-corrected chi connectivity index (χ2v) is 7.37. The summed E-state index contributed by atoms with van der Waals surface area (Å²) >= 11 is 0. The lowest BCUT2D eigenvalue weighted by Gasteiger charge is -2.18. The van der Waals surface area contributed by atoms with E-state index >= 15 is 0 Å². The monoisotopic (exact) mass is 394 g/mol. The molecule has 0 aliphatic rings. The fraction of sp³-hybridized carbons (Fsp3) is 0.278. The van der Waals surface area contributed by atoms with Crippen LogP contribution in [-0.2, 0) is 16.8 Å². The molecule has 0 heterocycles. The lowest BCUT2D eigenvalue weighted by Crippen LogP contribution is -2.41. The van der Waals surface area contributed by atoms with E-state index in [0.29, 0.717) is 5.75 Å². The van der Waals surface area contributed by atoms with Gasteiger partial charge in [0.05, 0.1) is 21.3 Å². The first-order chi connectivity index (χ1) is 12.8. The highest BCUT2D eigenvalue weighted by atomic mass is 32.2. The standard InChI is InChI=1S/C18H22N2O6S/c1-20(12-13-8-6-5-7-9-13)27(22,23)19-18(21)14-10-15(24-2)17(26-4)16(11-14)25-3/h5-11H,12H2,1-4H3,(H,19,21). The molecule has 0 radical (unpaired) electrons. The van der Waals surface area contributed by atoms with E-state index in [2.05, 4.69) is 0 Å². The number of rotatable bonds is 8. The fourth-order valence-corrected chi connectivity index (χ4v) is 3.22. The second kappa shape index (κ2) is 8.74. The number of nitrogens with one attached hydrogen (secondary N) is 1. The van der Waals surface area contributed by atoms with Crippen molar-refractivity contribution in [2.24, 2.45) is 0 Å². The Morgan fingerprint density at radius 2 is 1.56 bits per heavy atom. The zero-order valence-corrected chi connectivity index (χ0v) is 16.4. The summed E-state index contributed by atoms with van der Waals surface area (Å²) in [6.45, 7) is 0.124. The van der Waals surface area contributed by atoms with E-state index < -0.39 is 16.1 Å². The lowest BCUT2D eigenvalue weighted by atomic mass is 10.1. The van der Waals surface area contributed by atoms with Crippen molar-refractivity contribution in [3.8, 4) is 17.2 Å². The van der Waals surface area contributed by atoms with Gasteiger partial charge in [-0.05, 0) is 17.7 Å². The highest BCUT2D eigenvalue weighted by molar-refractivity contribution is 7.87. The van der Waals surface area contributed by atoms with Crippen LogP contribution in [0.15, 0.2) is 42.5 Å². The summed E-state index contributed by atoms with van der Waals surface area (Å²) in [4.78, 5) is 12.5. The van der Waals surface area contributed by atoms with Gasteiger partial charge >= 0.3 is 10.2 Å². The van der Waals surface area contributed by atoms with Crippen molar-refractivity contribution in [1.82, 2.24) is 9.03 Å². The van der Waals surface area contributed by atoms with Crippen molar-refractivity contribution in [2.75, 3.05) is 28.4 Å². The van der Waals surface area contributed by atoms with Gasteiger partial charge in [-0.1, -0.05) is 30.3 Å². The van der Waals surface area contributed by atoms with Crippen molar-refractivity contribution >= 4 is 16.1 Å². The molecule has 0 aliphatic heterocycles. The molecule has 0 saturated heterocycles. The molecule has 0 unspecified atom stereocenters. The van der Waals surface area contributed by atoms with Gasteiger partial charge in [-0.2, -0.15) is 12.7 Å². The number of methoxy groups -OCH3 is 3. The summed E-state index contributed by atoms with van der Waals surface area (Å²) in [6, 6.07) is 11.8. The smallest absolute Gasteiger partial charge is 0.304 e. The number of carbonyl (C=O) groups is 1. The van der Waals surface area contributed by atoms with Crippen LogP contribution in [0.5, 0.6) is 17.2 Å². The van der Waals surface area contributed by atoms with E-state index in [1.165, 1.54) is 40.5 Å². The highest BCUT2D eigenvalue weighted by Gasteiger charge is 2.24. The molecule has 146 valence electrons. The average Bonchev–Trinajstić information content (AvgIpc) is 2.67. The Bertz CT molecular complexity index is 874. The normalized spacial score (nSPS) is 11.1. The number of carbonyl (C=O) groups excluding carboxylic acids is 1. The zero-order valence-electron chi connectivity index (χ0n) is 15.6. The van der Waals surface area contributed by atoms with Crippen LogP contribution in [0.2, 0.25) is 0 Å². The molecule has 0 aliphatic carbocycles. The molecule has 0 fully saturated rings. The quantitative estimate of drug-likeness (QED) is 0.734. The van der Waals surface area contributed by atoms with E-state index in [0.717, 1.165) is 9.87 Å². The predicted molar refractivity (Wildman–Crippen MR) is 100 cm³/mol. The topological polar surface area (TPSA) is 94.2 Å². The van der Waals surface area contributed by atoms with Crippen LogP contribution in [0.3, 0.4) is 0 Å². The Morgan fingerprint density at radius 3 is 2.04 bits per heavy atom. The van der Waals surface area contributed by atoms with Gasteiger partial charge in [0.25, 0.3) is 5.91 Å². The summed E-state index contributed by atoms with van der Waals surface area (Å²) in [5.41, 5.74) is 0.854. The fourth-order valence-electron chi connectivity index (χ4n) is 2.39. The third-order valence-corrected chi connectivity index (χ3v) is 5.20. The van der Waals surface area contributed by atoms with Crippen molar-refractivity contribution in [3.05, 3.63) is 53.6 Å². The van der Waals surface area contributed by atoms with Crippen LogP contribution >= 0.6 is 0 Å². The van der Waals surface area contributed by atoms with Crippen LogP contribution in [-0.4, -0.2) is 47.0 Å². The maximum Gasteiger partial charge on any atom is 0.304 e. The van der Waals surface area contributed by atoms with Crippen LogP contribution in [0, 0.1) is 0 Å². The predicted octanol–water partition coefficient (Wildman–Crippen LogP) is 1.82. The Labute approximate surface area is 158 Å². The molecule has 2 rings (SSSR count). The summed E-state index contributed by atoms with van der Waals surface area (Å²) in [7, 11) is 1.59. The Balaban J connectivity index is 2.22. The average molecular weight is 394 g/mol. The van der Waals surface area contributed by atoms with Gasteiger partial charge in [-0.15, -0.1) is 0 Å². The van der Waals surface area contributed by atoms with Crippen molar-refractivity contribution in [1.29, 1.82) is 0 Å². The van der Waals surface area contributed by atoms with Crippen molar-refractivity contribution in [3.63, 3.8) is 0 Å². The van der Waals surface area contributed by atoms with Gasteiger partial charge in [0.2, 0.25) is 5.75 Å². The number of hydrogen-bond donors (Lipinski definition) is 1. The van der Waals surface area contributed by atoms with E-state index in [-0.39, 0.29) is 23.6 Å². The molecule has 0 spiro atoms. The van der Waals surface area contributed by atoms with Gasteiger partial charge in [0.1, 0.15) is 0 Å². The maximum absolute atomic E-state index is 12.5. The minimum Gasteiger partial charge on any atom is -0.493 e. The third kappa shape index (κ3) is 4.89. The number of ether oxygens (including phenoxy) is 3. The summed E-state index contributed by atoms with van der Waals surface area (Å²) in [6.07, 6.45) is 0. The number of nitrogens with zero attached hydrogens (tertiary/aromatic N) is 1. The third-order valence-electron chi connectivity index (χ3n) is 3.81. The minimum atomic E-state index is -4.04. The van der Waals surface area contributed by atoms with Gasteiger partial charge in [0, 0.05) is 19.2 Å². The molecular formula is C18H22N2O6S. The molecular weight excluding hydrogens is 372 g/mol. The second-order valence-electron chi connectivity index (χ2n) is 5.59. The Morgan fingerprint density at radius 1 is 1.00 bits per heavy atom. The molecule has 8 nitrogen and oxygen atoms in total. The van der Waals surface area contributed by atoms with Gasteiger partial charge in [-0.25, -0.2) is 4.72 Å². The van der Waals surface area contributed by atoms with Crippen LogP contribution in [0.1, 0.15) is 15.9 Å². The highest BCUT2D eigenvalue weighted by Crippen LogP contribution is 2.38. The molecule has 2 aromatic rings. The maximum atomic E-state index is 12.5. The van der Waals surface area contributed by atoms with Crippen molar-refractivity contribution in [2.45, 2.75) is 6.54 Å². The molecule has 1 N–H and O–H groups in total. The van der Waals surface area contributed by atoms with Crippen molar-refractivity contribution < 1.29 is 27.4 Å². The Kier molecular flexibility index (Phi) is 6.65. The van der Waals surface area contributed by atoms with Crippen LogP contribution < -0.4 is 18.9 Å². The van der Waals surface area contributed by atoms with E-state index in [1.807, 2.05) is 22.9 Å². The molecule has 9 heteroatoms. The largest absolute Gasteiger partial charge is 0.493 e. The van der Waals surface area contributed by atoms with Gasteiger partial charge in [-0.3, -0.25) is 4.79 Å². The van der Waals surface area contributed by atoms with Crippen LogP contribution in [0.4, 0.5) is 0 Å². The van der Waals surface area contributed by atoms with E-state index in [1.54, 1.807) is 12.1 Å². The first-order valence-electron chi connectivity index (χ1n) is 7.94. The number of amides is 1. The Hall–Kier alpha value is -2.78. The first kappa shape index (κ1) is 20.5. The summed E-state index contributed by atoms with van der Waals surface area (Å²) in [5.74, 6) is -0.0103. The molecule has 0 saturated carbocycles. The molecule has 0 atom stereocenters. The molecule has 2 aromatic carbocycles. The van der Waals surface area contributed by atoms with Gasteiger partial charge in [0.15, 0.2) is 11.5 Å². The molecule has 0 bridgehead atoms. The minimum absolute atomic E-state index is 0.0567. The van der Waals surface area contributed by atoms with Crippen LogP contribution in [0.25, 0.3) is 0 Å². The molecule has 0 aromatic heterocycles. The van der Waals surface area contributed by atoms with Gasteiger partial charge < -0.3 is 14.2 Å². The number of hydrogen-bond acceptors (Lipinski definition) is 6. The van der Waals surface area contributed by atoms with E-state index in [4.69, 9.17) is 14.2 Å². The first-order valence-corrected chi connectivity index (χ1v) is 9.38. The summed E-state index contributed by atoms with van der Waals surface area (Å²) in [5, 5.41) is 0. The lowest BCUT2D eigenvalue weighted by molar-refractivity contribution is 0.0978. The molecule has 27 heavy (non-hydrogen) atoms. The summed E-state index contributed by atoms with van der Waals surface area (Å²) < 4.78 is 43.6. The SMILES string of the molecule is COc1cc(C(=O)NS(=O)(=O)N(C)Cc2ccccc2)cc(OC)c1OC. The number of benzene rings is 2. The van der Waals surface area contributed by atoms with E-state index in [9.17, 15) is 13.2 Å². The zero-order chi connectivity index (χ0) is 20.0. The molecule has 1 amide bonds.